The van der Waals surface area contributed by atoms with Crippen molar-refractivity contribution in [3.05, 3.63) is 70.8 Å². The summed E-state index contributed by atoms with van der Waals surface area (Å²) < 4.78 is 11.9. The Morgan fingerprint density at radius 1 is 0.969 bits per heavy atom. The third kappa shape index (κ3) is 12.8. The van der Waals surface area contributed by atoms with Crippen molar-refractivity contribution in [1.82, 2.24) is 5.32 Å². The molecule has 0 aliphatic carbocycles. The molecule has 0 saturated carbocycles. The zero-order valence-corrected chi connectivity index (χ0v) is 20.9. The highest BCUT2D eigenvalue weighted by atomic mass is 31.2. The molecule has 6 heteroatoms. The molecule has 0 aliphatic rings. The van der Waals surface area contributed by atoms with Gasteiger partial charge in [0, 0.05) is 6.54 Å². The van der Waals surface area contributed by atoms with Crippen LogP contribution in [0.4, 0.5) is 0 Å². The van der Waals surface area contributed by atoms with E-state index in [0.29, 0.717) is 6.54 Å². The Kier molecular flexibility index (Phi) is 13.2. The molecular formula is C26H40NO4P. The molecule has 0 saturated heterocycles. The third-order valence-corrected chi connectivity index (χ3v) is 6.56. The number of allylic oxidation sites excluding steroid dienone is 6. The van der Waals surface area contributed by atoms with Crippen LogP contribution in [0.25, 0.3) is 0 Å². The number of aryl methyl sites for hydroxylation is 1. The summed E-state index contributed by atoms with van der Waals surface area (Å²) >= 11 is 0. The minimum absolute atomic E-state index is 0.0455. The molecule has 0 spiro atoms. The molecule has 0 radical (unpaired) electrons. The van der Waals surface area contributed by atoms with Crippen LogP contribution >= 0.6 is 7.60 Å². The van der Waals surface area contributed by atoms with E-state index in [9.17, 15) is 19.1 Å². The van der Waals surface area contributed by atoms with E-state index in [2.05, 4.69) is 38.2 Å². The fourth-order valence-corrected chi connectivity index (χ4v) is 4.09. The lowest BCUT2D eigenvalue weighted by atomic mass is 10.1. The van der Waals surface area contributed by atoms with Crippen LogP contribution < -0.4 is 5.32 Å². The van der Waals surface area contributed by atoms with Crippen LogP contribution in [-0.4, -0.2) is 27.9 Å². The molecule has 1 aromatic rings. The van der Waals surface area contributed by atoms with Crippen LogP contribution in [0, 0.1) is 0 Å². The molecule has 1 aromatic carbocycles. The third-order valence-electron chi connectivity index (χ3n) is 5.31. The monoisotopic (exact) mass is 461 g/mol. The first-order valence-electron chi connectivity index (χ1n) is 11.4. The first-order chi connectivity index (χ1) is 15.1. The second-order valence-electron chi connectivity index (χ2n) is 8.68. The van der Waals surface area contributed by atoms with Crippen molar-refractivity contribution in [2.75, 3.05) is 6.54 Å². The summed E-state index contributed by atoms with van der Waals surface area (Å²) in [6.45, 7) is 8.67. The lowest BCUT2D eigenvalue weighted by molar-refractivity contribution is -0.120. The molecule has 3 N–H and O–H groups in total. The lowest BCUT2D eigenvalue weighted by Gasteiger charge is -2.17. The van der Waals surface area contributed by atoms with Gasteiger partial charge in [0.05, 0.1) is 0 Å². The molecule has 178 valence electrons. The van der Waals surface area contributed by atoms with Gasteiger partial charge in [-0.05, 0) is 78.2 Å². The van der Waals surface area contributed by atoms with E-state index in [4.69, 9.17) is 0 Å². The molecule has 32 heavy (non-hydrogen) atoms. The topological polar surface area (TPSA) is 86.6 Å². The van der Waals surface area contributed by atoms with E-state index in [1.165, 1.54) is 16.7 Å². The molecule has 0 fully saturated rings. The van der Waals surface area contributed by atoms with E-state index in [-0.39, 0.29) is 6.42 Å². The molecule has 1 unspecified atom stereocenters. The molecule has 1 rings (SSSR count). The molecule has 1 atom stereocenters. The molecule has 0 aliphatic heterocycles. The largest absolute Gasteiger partial charge is 0.355 e. The van der Waals surface area contributed by atoms with Crippen molar-refractivity contribution in [3.63, 3.8) is 0 Å². The predicted octanol–water partition coefficient (Wildman–Crippen LogP) is 6.09. The molecule has 1 amide bonds. The zero-order chi connectivity index (χ0) is 24.0. The lowest BCUT2D eigenvalue weighted by Crippen LogP contribution is -2.35. The average Bonchev–Trinajstić information content (AvgIpc) is 2.71. The van der Waals surface area contributed by atoms with Crippen LogP contribution in [0.3, 0.4) is 0 Å². The first kappa shape index (κ1) is 28.1. The summed E-state index contributed by atoms with van der Waals surface area (Å²) in [6, 6.07) is 9.93. The van der Waals surface area contributed by atoms with Gasteiger partial charge >= 0.3 is 7.60 Å². The van der Waals surface area contributed by atoms with Gasteiger partial charge in [-0.1, -0.05) is 65.3 Å². The van der Waals surface area contributed by atoms with Crippen LogP contribution in [0.15, 0.2) is 65.3 Å². The predicted molar refractivity (Wildman–Crippen MR) is 134 cm³/mol. The normalized spacial score (nSPS) is 13.6. The van der Waals surface area contributed by atoms with Gasteiger partial charge in [0.2, 0.25) is 5.91 Å². The smallest absolute Gasteiger partial charge is 0.338 e. The summed E-state index contributed by atoms with van der Waals surface area (Å²) in [5.74, 6) is -0.578. The SMILES string of the molecule is CC(C)=CCC/C(C)=C/CC/C(C)=C/CC(C(=O)NCCCc1ccccc1)P(=O)(O)O. The minimum Gasteiger partial charge on any atom is -0.355 e. The first-order valence-corrected chi connectivity index (χ1v) is 13.1. The van der Waals surface area contributed by atoms with E-state index in [1.54, 1.807) is 6.08 Å². The number of carbonyl (C=O) groups excluding carboxylic acids is 1. The Bertz CT molecular complexity index is 833. The molecule has 5 nitrogen and oxygen atoms in total. The van der Waals surface area contributed by atoms with Crippen LogP contribution in [0.1, 0.15) is 71.8 Å². The molecular weight excluding hydrogens is 421 g/mol. The quantitative estimate of drug-likeness (QED) is 0.178. The summed E-state index contributed by atoms with van der Waals surface area (Å²) in [5.41, 5.74) is 3.55. The molecule has 0 aromatic heterocycles. The van der Waals surface area contributed by atoms with Crippen LogP contribution in [0.2, 0.25) is 0 Å². The van der Waals surface area contributed by atoms with Crippen molar-refractivity contribution in [1.29, 1.82) is 0 Å². The zero-order valence-electron chi connectivity index (χ0n) is 20.0. The van der Waals surface area contributed by atoms with E-state index < -0.39 is 19.2 Å². The number of hydrogen-bond donors (Lipinski definition) is 3. The minimum atomic E-state index is -4.53. The fourth-order valence-electron chi connectivity index (χ4n) is 3.32. The van der Waals surface area contributed by atoms with Gasteiger partial charge in [0.15, 0.2) is 0 Å². The van der Waals surface area contributed by atoms with Crippen molar-refractivity contribution in [2.24, 2.45) is 0 Å². The van der Waals surface area contributed by atoms with Crippen molar-refractivity contribution in [2.45, 2.75) is 78.3 Å². The van der Waals surface area contributed by atoms with Crippen molar-refractivity contribution >= 4 is 13.5 Å². The average molecular weight is 462 g/mol. The Balaban J connectivity index is 2.48. The van der Waals surface area contributed by atoms with E-state index in [0.717, 1.165) is 44.1 Å². The number of rotatable bonds is 14. The van der Waals surface area contributed by atoms with Crippen molar-refractivity contribution < 1.29 is 19.1 Å². The number of nitrogens with one attached hydrogen (secondary N) is 1. The fraction of sp³-hybridized carbons (Fsp3) is 0.500. The molecule has 0 bridgehead atoms. The number of hydrogen-bond acceptors (Lipinski definition) is 2. The van der Waals surface area contributed by atoms with E-state index >= 15 is 0 Å². The highest BCUT2D eigenvalue weighted by molar-refractivity contribution is 7.53. The van der Waals surface area contributed by atoms with Crippen LogP contribution in [0.5, 0.6) is 0 Å². The summed E-state index contributed by atoms with van der Waals surface area (Å²) in [5, 5.41) is 2.69. The second-order valence-corrected chi connectivity index (χ2v) is 10.5. The van der Waals surface area contributed by atoms with Gasteiger partial charge < -0.3 is 15.1 Å². The van der Waals surface area contributed by atoms with Gasteiger partial charge in [0.25, 0.3) is 0 Å². The Morgan fingerprint density at radius 2 is 1.56 bits per heavy atom. The second kappa shape index (κ2) is 15.0. The maximum atomic E-state index is 12.4. The van der Waals surface area contributed by atoms with E-state index in [1.807, 2.05) is 37.3 Å². The highest BCUT2D eigenvalue weighted by Gasteiger charge is 2.34. The number of benzene rings is 1. The maximum absolute atomic E-state index is 12.4. The van der Waals surface area contributed by atoms with Gasteiger partial charge in [-0.15, -0.1) is 0 Å². The van der Waals surface area contributed by atoms with Crippen molar-refractivity contribution in [3.8, 4) is 0 Å². The Hall–Kier alpha value is -1.94. The van der Waals surface area contributed by atoms with Gasteiger partial charge in [0.1, 0.15) is 5.66 Å². The summed E-state index contributed by atoms with van der Waals surface area (Å²) in [4.78, 5) is 31.8. The number of carbonyl (C=O) groups is 1. The highest BCUT2D eigenvalue weighted by Crippen LogP contribution is 2.43. The van der Waals surface area contributed by atoms with Gasteiger partial charge in [-0.2, -0.15) is 0 Å². The van der Waals surface area contributed by atoms with Gasteiger partial charge in [-0.25, -0.2) is 0 Å². The summed E-state index contributed by atoms with van der Waals surface area (Å²) in [6.07, 6.45) is 11.6. The standard InChI is InChI=1S/C26H40NO4P/c1-21(2)11-8-12-22(3)13-9-14-23(4)18-19-25(32(29,30)31)26(28)27-20-10-17-24-15-6-5-7-16-24/h5-7,11,13,15-16,18,25H,8-10,12,14,17,19-20H2,1-4H3,(H,27,28)(H2,29,30,31)/b22-13+,23-18+. The van der Waals surface area contributed by atoms with Crippen LogP contribution in [-0.2, 0) is 15.8 Å². The molecule has 0 heterocycles. The van der Waals surface area contributed by atoms with Gasteiger partial charge in [-0.3, -0.25) is 9.36 Å². The summed E-state index contributed by atoms with van der Waals surface area (Å²) in [7, 11) is -4.53. The Morgan fingerprint density at radius 3 is 2.16 bits per heavy atom. The maximum Gasteiger partial charge on any atom is 0.338 e. The number of amides is 1. The Labute approximate surface area is 193 Å².